The minimum atomic E-state index is -3.87. The second-order valence-electron chi connectivity index (χ2n) is 4.87. The second-order valence-corrected chi connectivity index (χ2v) is 6.77. The van der Waals surface area contributed by atoms with Gasteiger partial charge in [0.2, 0.25) is 10.0 Å². The Morgan fingerprint density at radius 2 is 2.20 bits per heavy atom. The van der Waals surface area contributed by atoms with Gasteiger partial charge in [-0.2, -0.15) is 4.31 Å². The largest absolute Gasteiger partial charge is 0.325 e. The molecule has 0 bridgehead atoms. The first-order valence-electron chi connectivity index (χ1n) is 6.42. The third-order valence-corrected chi connectivity index (χ3v) is 5.25. The Hall–Kier alpha value is -1.45. The Morgan fingerprint density at radius 1 is 1.45 bits per heavy atom. The fraction of sp³-hybridized carbons (Fsp3) is 0.636. The van der Waals surface area contributed by atoms with Gasteiger partial charge in [0, 0.05) is 19.3 Å². The molecule has 1 aromatic rings. The van der Waals surface area contributed by atoms with E-state index in [9.17, 15) is 18.0 Å². The van der Waals surface area contributed by atoms with Gasteiger partial charge in [0.05, 0.1) is 0 Å². The van der Waals surface area contributed by atoms with Crippen molar-refractivity contribution in [3.63, 3.8) is 0 Å². The number of H-pyrrole nitrogens is 2. The summed E-state index contributed by atoms with van der Waals surface area (Å²) in [6.45, 7) is 1.50. The van der Waals surface area contributed by atoms with E-state index >= 15 is 0 Å². The summed E-state index contributed by atoms with van der Waals surface area (Å²) >= 11 is 0. The summed E-state index contributed by atoms with van der Waals surface area (Å²) in [7, 11) is -2.05. The summed E-state index contributed by atoms with van der Waals surface area (Å²) in [4.78, 5) is 26.3. The van der Waals surface area contributed by atoms with E-state index in [0.29, 0.717) is 13.1 Å². The number of aromatic amines is 2. The summed E-state index contributed by atoms with van der Waals surface area (Å²) in [5, 5.41) is 3.03. The highest BCUT2D eigenvalue weighted by Crippen LogP contribution is 2.21. The molecule has 1 saturated heterocycles. The number of sulfonamides is 1. The lowest BCUT2D eigenvalue weighted by molar-refractivity contribution is 0.263. The lowest BCUT2D eigenvalue weighted by Gasteiger charge is -2.31. The normalized spacial score (nSPS) is 20.9. The van der Waals surface area contributed by atoms with Crippen LogP contribution < -0.4 is 16.6 Å². The van der Waals surface area contributed by atoms with Crippen LogP contribution in [0, 0.1) is 5.92 Å². The van der Waals surface area contributed by atoms with Gasteiger partial charge in [-0.1, -0.05) is 0 Å². The number of piperidine rings is 1. The average Bonchev–Trinajstić information content (AvgIpc) is 2.39. The molecule has 112 valence electrons. The summed E-state index contributed by atoms with van der Waals surface area (Å²) < 4.78 is 26.2. The van der Waals surface area contributed by atoms with Gasteiger partial charge < -0.3 is 10.3 Å². The number of nitrogens with zero attached hydrogens (tertiary/aromatic N) is 1. The Morgan fingerprint density at radius 3 is 2.85 bits per heavy atom. The van der Waals surface area contributed by atoms with Crippen molar-refractivity contribution in [3.8, 4) is 0 Å². The molecule has 0 aromatic carbocycles. The smallest absolute Gasteiger partial charge is 0.319 e. The highest BCUT2D eigenvalue weighted by Gasteiger charge is 2.31. The third kappa shape index (κ3) is 3.00. The molecule has 0 aliphatic carbocycles. The van der Waals surface area contributed by atoms with Crippen molar-refractivity contribution in [2.45, 2.75) is 17.7 Å². The van der Waals surface area contributed by atoms with E-state index in [1.165, 1.54) is 4.31 Å². The lowest BCUT2D eigenvalue weighted by Crippen LogP contribution is -2.44. The first-order valence-corrected chi connectivity index (χ1v) is 7.86. The molecule has 1 unspecified atom stereocenters. The van der Waals surface area contributed by atoms with Crippen molar-refractivity contribution in [2.24, 2.45) is 5.92 Å². The van der Waals surface area contributed by atoms with E-state index in [1.807, 2.05) is 12.0 Å². The average molecular weight is 302 g/mol. The van der Waals surface area contributed by atoms with Crippen LogP contribution in [-0.4, -0.2) is 49.4 Å². The van der Waals surface area contributed by atoms with E-state index in [-0.39, 0.29) is 5.92 Å². The molecule has 8 nitrogen and oxygen atoms in total. The Balaban J connectivity index is 2.30. The van der Waals surface area contributed by atoms with Crippen LogP contribution in [0.25, 0.3) is 0 Å². The van der Waals surface area contributed by atoms with Gasteiger partial charge in [0.1, 0.15) is 0 Å². The highest BCUT2D eigenvalue weighted by molar-refractivity contribution is 7.89. The number of aromatic nitrogens is 2. The van der Waals surface area contributed by atoms with Crippen LogP contribution in [0.1, 0.15) is 12.8 Å². The molecular formula is C11H18N4O4S. The molecule has 20 heavy (non-hydrogen) atoms. The summed E-state index contributed by atoms with van der Waals surface area (Å²) in [5.74, 6) is 0.227. The fourth-order valence-electron chi connectivity index (χ4n) is 2.43. The van der Waals surface area contributed by atoms with E-state index in [2.05, 4.69) is 10.3 Å². The molecular weight excluding hydrogens is 284 g/mol. The minimum absolute atomic E-state index is 0.227. The summed E-state index contributed by atoms with van der Waals surface area (Å²) in [5.41, 5.74) is -1.61. The molecule has 0 saturated carbocycles. The zero-order valence-corrected chi connectivity index (χ0v) is 12.0. The third-order valence-electron chi connectivity index (χ3n) is 3.38. The maximum Gasteiger partial charge on any atom is 0.325 e. The predicted molar refractivity (Wildman–Crippen MR) is 73.1 cm³/mol. The van der Waals surface area contributed by atoms with Gasteiger partial charge in [-0.25, -0.2) is 13.2 Å². The van der Waals surface area contributed by atoms with Crippen molar-refractivity contribution < 1.29 is 8.42 Å². The van der Waals surface area contributed by atoms with Gasteiger partial charge in [0.15, 0.2) is 4.90 Å². The maximum absolute atomic E-state index is 12.4. The van der Waals surface area contributed by atoms with Crippen LogP contribution in [0.2, 0.25) is 0 Å². The Labute approximate surface area is 116 Å². The molecule has 1 aliphatic heterocycles. The molecule has 1 atom stereocenters. The highest BCUT2D eigenvalue weighted by atomic mass is 32.2. The standard InChI is InChI=1S/C11H18N4O4S/c1-12-5-8-3-2-4-15(7-8)20(18,19)9-6-13-11(17)14-10(9)16/h6,8,12H,2-5,7H2,1H3,(H2,13,14,16,17). The second kappa shape index (κ2) is 5.90. The van der Waals surface area contributed by atoms with Crippen LogP contribution >= 0.6 is 0 Å². The van der Waals surface area contributed by atoms with Gasteiger partial charge in [-0.15, -0.1) is 0 Å². The van der Waals surface area contributed by atoms with E-state index in [1.54, 1.807) is 0 Å². The molecule has 0 spiro atoms. The van der Waals surface area contributed by atoms with Crippen LogP contribution in [-0.2, 0) is 10.0 Å². The van der Waals surface area contributed by atoms with Gasteiger partial charge in [-0.3, -0.25) is 9.78 Å². The SMILES string of the molecule is CNCC1CCCN(S(=O)(=O)c2c[nH]c(=O)[nH]c2=O)C1. The van der Waals surface area contributed by atoms with Crippen LogP contribution in [0.3, 0.4) is 0 Å². The molecule has 1 aromatic heterocycles. The topological polar surface area (TPSA) is 115 Å². The van der Waals surface area contributed by atoms with E-state index < -0.39 is 26.2 Å². The zero-order valence-electron chi connectivity index (χ0n) is 11.2. The predicted octanol–water partition coefficient (Wildman–Crippen LogP) is -1.32. The van der Waals surface area contributed by atoms with Crippen molar-refractivity contribution in [1.29, 1.82) is 0 Å². The maximum atomic E-state index is 12.4. The first-order chi connectivity index (χ1) is 9.45. The molecule has 3 N–H and O–H groups in total. The van der Waals surface area contributed by atoms with Crippen LogP contribution in [0.4, 0.5) is 0 Å². The monoisotopic (exact) mass is 302 g/mol. The number of nitrogens with one attached hydrogen (secondary N) is 3. The molecule has 1 fully saturated rings. The van der Waals surface area contributed by atoms with Crippen LogP contribution in [0.15, 0.2) is 20.7 Å². The van der Waals surface area contributed by atoms with Gasteiger partial charge >= 0.3 is 5.69 Å². The number of rotatable bonds is 4. The van der Waals surface area contributed by atoms with E-state index in [0.717, 1.165) is 25.6 Å². The molecule has 1 aliphatic rings. The Kier molecular flexibility index (Phi) is 4.41. The van der Waals surface area contributed by atoms with Crippen molar-refractivity contribution in [1.82, 2.24) is 19.6 Å². The number of hydrogen-bond donors (Lipinski definition) is 3. The van der Waals surface area contributed by atoms with Gasteiger partial charge in [-0.05, 0) is 32.4 Å². The lowest BCUT2D eigenvalue weighted by atomic mass is 10.00. The molecule has 2 rings (SSSR count). The first kappa shape index (κ1) is 14.9. The van der Waals surface area contributed by atoms with E-state index in [4.69, 9.17) is 0 Å². The quantitative estimate of drug-likeness (QED) is 0.638. The summed E-state index contributed by atoms with van der Waals surface area (Å²) in [6.07, 6.45) is 2.67. The fourth-order valence-corrected chi connectivity index (χ4v) is 3.98. The summed E-state index contributed by atoms with van der Waals surface area (Å²) in [6, 6.07) is 0. The molecule has 0 radical (unpaired) electrons. The minimum Gasteiger partial charge on any atom is -0.319 e. The van der Waals surface area contributed by atoms with Crippen molar-refractivity contribution in [3.05, 3.63) is 27.0 Å². The Bertz CT molecular complexity index is 676. The molecule has 0 amide bonds. The molecule has 9 heteroatoms. The number of hydrogen-bond acceptors (Lipinski definition) is 5. The van der Waals surface area contributed by atoms with Crippen molar-refractivity contribution >= 4 is 10.0 Å². The zero-order chi connectivity index (χ0) is 14.8. The van der Waals surface area contributed by atoms with Crippen molar-refractivity contribution in [2.75, 3.05) is 26.7 Å². The molecule has 2 heterocycles. The van der Waals surface area contributed by atoms with Crippen LogP contribution in [0.5, 0.6) is 0 Å². The van der Waals surface area contributed by atoms with Gasteiger partial charge in [0.25, 0.3) is 5.56 Å².